The first kappa shape index (κ1) is 17.2. The monoisotopic (exact) mass is 355 g/mol. The number of nitrogens with zero attached hydrogens (tertiary/aromatic N) is 3. The van der Waals surface area contributed by atoms with Crippen LogP contribution in [0.1, 0.15) is 11.1 Å². The van der Waals surface area contributed by atoms with E-state index < -0.39 is 11.7 Å². The Balaban J connectivity index is 2.02. The predicted molar refractivity (Wildman–Crippen MR) is 91.4 cm³/mol. The molecule has 0 aliphatic carbocycles. The third kappa shape index (κ3) is 3.28. The van der Waals surface area contributed by atoms with E-state index in [2.05, 4.69) is 9.97 Å². The standard InChI is InChI=1S/C18H12F3N5/c19-18(20,21)13-3-1-2-12(8-13)10-4-6-11(7-5-10)15-14(9-22)16(23)26-17(24)25-15/h1-8H,(H4,23,24,25,26). The molecule has 0 fully saturated rings. The molecule has 0 saturated carbocycles. The summed E-state index contributed by atoms with van der Waals surface area (Å²) in [4.78, 5) is 7.78. The molecule has 0 unspecified atom stereocenters. The Kier molecular flexibility index (Phi) is 4.22. The minimum absolute atomic E-state index is 0.0306. The minimum Gasteiger partial charge on any atom is -0.382 e. The van der Waals surface area contributed by atoms with Crippen LogP contribution >= 0.6 is 0 Å². The molecule has 130 valence electrons. The van der Waals surface area contributed by atoms with Crippen LogP contribution in [0.5, 0.6) is 0 Å². The third-order valence-electron chi connectivity index (χ3n) is 3.75. The van der Waals surface area contributed by atoms with Gasteiger partial charge in [-0.25, -0.2) is 4.98 Å². The minimum atomic E-state index is -4.41. The molecule has 0 spiro atoms. The van der Waals surface area contributed by atoms with E-state index in [0.717, 1.165) is 12.1 Å². The van der Waals surface area contributed by atoms with Crippen LogP contribution in [0.4, 0.5) is 24.9 Å². The average Bonchev–Trinajstić information content (AvgIpc) is 2.61. The summed E-state index contributed by atoms with van der Waals surface area (Å²) >= 11 is 0. The fourth-order valence-corrected chi connectivity index (χ4v) is 2.51. The van der Waals surface area contributed by atoms with Crippen LogP contribution in [0, 0.1) is 11.3 Å². The van der Waals surface area contributed by atoms with Gasteiger partial charge in [0.05, 0.1) is 11.3 Å². The molecular weight excluding hydrogens is 343 g/mol. The lowest BCUT2D eigenvalue weighted by Gasteiger charge is -2.10. The fourth-order valence-electron chi connectivity index (χ4n) is 2.51. The first-order valence-corrected chi connectivity index (χ1v) is 7.41. The highest BCUT2D eigenvalue weighted by Gasteiger charge is 2.30. The second-order valence-corrected chi connectivity index (χ2v) is 5.46. The van der Waals surface area contributed by atoms with E-state index >= 15 is 0 Å². The lowest BCUT2D eigenvalue weighted by molar-refractivity contribution is -0.137. The molecule has 0 aliphatic rings. The molecule has 3 aromatic rings. The van der Waals surface area contributed by atoms with Gasteiger partial charge in [-0.1, -0.05) is 36.4 Å². The van der Waals surface area contributed by atoms with Crippen LogP contribution in [0.2, 0.25) is 0 Å². The van der Waals surface area contributed by atoms with Gasteiger partial charge in [0, 0.05) is 5.56 Å². The van der Waals surface area contributed by atoms with Crippen LogP contribution in [-0.2, 0) is 6.18 Å². The van der Waals surface area contributed by atoms with E-state index in [9.17, 15) is 18.4 Å². The van der Waals surface area contributed by atoms with Gasteiger partial charge in [0.25, 0.3) is 0 Å². The summed E-state index contributed by atoms with van der Waals surface area (Å²) in [5.74, 6) is -0.101. The number of anilines is 2. The highest BCUT2D eigenvalue weighted by molar-refractivity contribution is 5.75. The summed E-state index contributed by atoms with van der Waals surface area (Å²) in [6.45, 7) is 0. The molecule has 0 amide bonds. The van der Waals surface area contributed by atoms with E-state index in [1.807, 2.05) is 6.07 Å². The summed E-state index contributed by atoms with van der Waals surface area (Å²) in [5.41, 5.74) is 12.5. The highest BCUT2D eigenvalue weighted by atomic mass is 19.4. The van der Waals surface area contributed by atoms with Crippen molar-refractivity contribution in [1.29, 1.82) is 5.26 Å². The van der Waals surface area contributed by atoms with Crippen molar-refractivity contribution in [1.82, 2.24) is 9.97 Å². The zero-order valence-electron chi connectivity index (χ0n) is 13.2. The summed E-state index contributed by atoms with van der Waals surface area (Å²) in [5, 5.41) is 9.23. The van der Waals surface area contributed by atoms with Crippen LogP contribution in [0.3, 0.4) is 0 Å². The summed E-state index contributed by atoms with van der Waals surface area (Å²) in [6, 6.07) is 13.5. The molecule has 1 aromatic heterocycles. The zero-order chi connectivity index (χ0) is 18.9. The number of nitrogen functional groups attached to an aromatic ring is 2. The maximum Gasteiger partial charge on any atom is 0.416 e. The largest absolute Gasteiger partial charge is 0.416 e. The number of nitrogens with two attached hydrogens (primary N) is 2. The number of aromatic nitrogens is 2. The van der Waals surface area contributed by atoms with E-state index in [1.165, 1.54) is 6.07 Å². The van der Waals surface area contributed by atoms with Crippen LogP contribution < -0.4 is 11.5 Å². The van der Waals surface area contributed by atoms with Gasteiger partial charge in [0.1, 0.15) is 17.5 Å². The van der Waals surface area contributed by atoms with Crippen molar-refractivity contribution in [3.8, 4) is 28.5 Å². The highest BCUT2D eigenvalue weighted by Crippen LogP contribution is 2.33. The topological polar surface area (TPSA) is 102 Å². The molecule has 0 atom stereocenters. The number of hydrogen-bond acceptors (Lipinski definition) is 5. The molecule has 4 N–H and O–H groups in total. The molecule has 0 saturated heterocycles. The quantitative estimate of drug-likeness (QED) is 0.727. The Hall–Kier alpha value is -3.60. The molecular formula is C18H12F3N5. The van der Waals surface area contributed by atoms with Crippen molar-refractivity contribution >= 4 is 11.8 Å². The van der Waals surface area contributed by atoms with Crippen LogP contribution in [0.15, 0.2) is 48.5 Å². The Labute approximate surface area is 146 Å². The Morgan fingerprint density at radius 1 is 0.885 bits per heavy atom. The molecule has 26 heavy (non-hydrogen) atoms. The number of hydrogen-bond donors (Lipinski definition) is 2. The SMILES string of the molecule is N#Cc1c(N)nc(N)nc1-c1ccc(-c2cccc(C(F)(F)F)c2)cc1. The molecule has 0 radical (unpaired) electrons. The maximum absolute atomic E-state index is 12.9. The van der Waals surface area contributed by atoms with Gasteiger partial charge in [-0.3, -0.25) is 0 Å². The molecule has 2 aromatic carbocycles. The number of halogens is 3. The predicted octanol–water partition coefficient (Wildman–Crippen LogP) is 3.87. The first-order chi connectivity index (χ1) is 12.3. The molecule has 0 bridgehead atoms. The third-order valence-corrected chi connectivity index (χ3v) is 3.75. The summed E-state index contributed by atoms with van der Waals surface area (Å²) < 4.78 is 38.6. The summed E-state index contributed by atoms with van der Waals surface area (Å²) in [6.07, 6.45) is -4.41. The van der Waals surface area contributed by atoms with Crippen molar-refractivity contribution in [2.75, 3.05) is 11.5 Å². The Morgan fingerprint density at radius 2 is 1.54 bits per heavy atom. The normalized spacial score (nSPS) is 11.2. The van der Waals surface area contributed by atoms with Gasteiger partial charge in [-0.2, -0.15) is 23.4 Å². The van der Waals surface area contributed by atoms with E-state index in [-0.39, 0.29) is 23.0 Å². The van der Waals surface area contributed by atoms with Crippen molar-refractivity contribution in [3.63, 3.8) is 0 Å². The van der Waals surface area contributed by atoms with E-state index in [4.69, 9.17) is 11.5 Å². The fraction of sp³-hybridized carbons (Fsp3) is 0.0556. The molecule has 8 heteroatoms. The molecule has 3 rings (SSSR count). The van der Waals surface area contributed by atoms with Crippen molar-refractivity contribution in [2.24, 2.45) is 0 Å². The van der Waals surface area contributed by atoms with Gasteiger partial charge >= 0.3 is 6.18 Å². The lowest BCUT2D eigenvalue weighted by atomic mass is 9.99. The van der Waals surface area contributed by atoms with Gasteiger partial charge < -0.3 is 11.5 Å². The number of rotatable bonds is 2. The molecule has 0 aliphatic heterocycles. The second-order valence-electron chi connectivity index (χ2n) is 5.46. The first-order valence-electron chi connectivity index (χ1n) is 7.41. The average molecular weight is 355 g/mol. The Morgan fingerprint density at radius 3 is 2.15 bits per heavy atom. The number of alkyl halides is 3. The molecule has 1 heterocycles. The Bertz CT molecular complexity index is 1000. The van der Waals surface area contributed by atoms with Crippen molar-refractivity contribution < 1.29 is 13.2 Å². The van der Waals surface area contributed by atoms with Crippen LogP contribution in [0.25, 0.3) is 22.4 Å². The lowest BCUT2D eigenvalue weighted by Crippen LogP contribution is -2.05. The maximum atomic E-state index is 12.9. The summed E-state index contributed by atoms with van der Waals surface area (Å²) in [7, 11) is 0. The van der Waals surface area contributed by atoms with Crippen molar-refractivity contribution in [2.45, 2.75) is 6.18 Å². The van der Waals surface area contributed by atoms with E-state index in [0.29, 0.717) is 16.7 Å². The molecule has 5 nitrogen and oxygen atoms in total. The van der Waals surface area contributed by atoms with Gasteiger partial charge in [-0.15, -0.1) is 0 Å². The van der Waals surface area contributed by atoms with Gasteiger partial charge in [-0.05, 0) is 23.3 Å². The smallest absolute Gasteiger partial charge is 0.382 e. The van der Waals surface area contributed by atoms with Gasteiger partial charge in [0.2, 0.25) is 5.95 Å². The second kappa shape index (κ2) is 6.37. The number of benzene rings is 2. The van der Waals surface area contributed by atoms with E-state index in [1.54, 1.807) is 30.3 Å². The number of nitriles is 1. The zero-order valence-corrected chi connectivity index (χ0v) is 13.2. The van der Waals surface area contributed by atoms with Gasteiger partial charge in [0.15, 0.2) is 0 Å². The van der Waals surface area contributed by atoms with Crippen LogP contribution in [-0.4, -0.2) is 9.97 Å². The van der Waals surface area contributed by atoms with Crippen molar-refractivity contribution in [3.05, 3.63) is 59.7 Å².